The monoisotopic (exact) mass is 436 g/mol. The molecule has 2 amide bonds. The van der Waals surface area contributed by atoms with Gasteiger partial charge in [-0.3, -0.25) is 14.5 Å². The Morgan fingerprint density at radius 3 is 2.34 bits per heavy atom. The Hall–Kier alpha value is -3.12. The molecule has 0 atom stereocenters. The number of imide groups is 1. The molecule has 0 spiro atoms. The van der Waals surface area contributed by atoms with E-state index in [1.807, 2.05) is 76.2 Å². The number of para-hydroxylation sites is 1. The fourth-order valence-corrected chi connectivity index (χ4v) is 3.49. The molecule has 2 aromatic rings. The summed E-state index contributed by atoms with van der Waals surface area (Å²) >= 11 is 0. The number of carbonyl (C=O) groups is 2. The zero-order valence-corrected chi connectivity index (χ0v) is 19.3. The second-order valence-corrected chi connectivity index (χ2v) is 8.10. The normalized spacial score (nSPS) is 14.0. The van der Waals surface area contributed by atoms with E-state index >= 15 is 0 Å². The lowest BCUT2D eigenvalue weighted by Crippen LogP contribution is -2.34. The maximum Gasteiger partial charge on any atom is 0.278 e. The van der Waals surface area contributed by atoms with Crippen LogP contribution in [0.1, 0.15) is 44.7 Å². The van der Waals surface area contributed by atoms with Crippen LogP contribution >= 0.6 is 0 Å². The molecule has 0 fully saturated rings. The summed E-state index contributed by atoms with van der Waals surface area (Å²) in [7, 11) is 0. The van der Waals surface area contributed by atoms with Gasteiger partial charge in [0.2, 0.25) is 0 Å². The quantitative estimate of drug-likeness (QED) is 0.405. The van der Waals surface area contributed by atoms with Gasteiger partial charge in [-0.05, 0) is 62.9 Å². The second kappa shape index (κ2) is 11.0. The number of hydrogen-bond donors (Lipinski definition) is 1. The van der Waals surface area contributed by atoms with Crippen LogP contribution in [0.25, 0.3) is 5.57 Å². The van der Waals surface area contributed by atoms with Gasteiger partial charge in [0, 0.05) is 18.8 Å². The molecule has 0 unspecified atom stereocenters. The number of benzene rings is 2. The third-order valence-electron chi connectivity index (χ3n) is 5.17. The zero-order valence-electron chi connectivity index (χ0n) is 19.3. The molecule has 1 heterocycles. The van der Waals surface area contributed by atoms with Crippen LogP contribution in [0.2, 0.25) is 0 Å². The minimum Gasteiger partial charge on any atom is -0.494 e. The summed E-state index contributed by atoms with van der Waals surface area (Å²) in [6.07, 6.45) is 1.62. The Kier molecular flexibility index (Phi) is 8.06. The molecule has 0 aliphatic carbocycles. The number of nitrogens with one attached hydrogen (secondary N) is 1. The van der Waals surface area contributed by atoms with Gasteiger partial charge < -0.3 is 14.8 Å². The molecule has 1 aliphatic rings. The lowest BCUT2D eigenvalue weighted by molar-refractivity contribution is -0.137. The molecule has 6 heteroatoms. The minimum absolute atomic E-state index is 0.111. The van der Waals surface area contributed by atoms with Crippen LogP contribution in [-0.4, -0.2) is 42.6 Å². The van der Waals surface area contributed by atoms with E-state index in [-0.39, 0.29) is 17.9 Å². The molecule has 0 saturated heterocycles. The van der Waals surface area contributed by atoms with E-state index in [0.29, 0.717) is 43.0 Å². The van der Waals surface area contributed by atoms with Crippen LogP contribution in [0.5, 0.6) is 5.75 Å². The van der Waals surface area contributed by atoms with E-state index in [1.54, 1.807) is 0 Å². The molecule has 0 aromatic heterocycles. The number of ether oxygens (including phenoxy) is 2. The van der Waals surface area contributed by atoms with Crippen molar-refractivity contribution < 1.29 is 19.1 Å². The first kappa shape index (κ1) is 23.5. The Morgan fingerprint density at radius 2 is 1.69 bits per heavy atom. The molecule has 0 saturated carbocycles. The Morgan fingerprint density at radius 1 is 0.969 bits per heavy atom. The van der Waals surface area contributed by atoms with Gasteiger partial charge in [0.05, 0.1) is 18.3 Å². The predicted molar refractivity (Wildman–Crippen MR) is 126 cm³/mol. The summed E-state index contributed by atoms with van der Waals surface area (Å²) in [4.78, 5) is 27.9. The molecule has 6 nitrogen and oxygen atoms in total. The third kappa shape index (κ3) is 5.56. The highest BCUT2D eigenvalue weighted by Crippen LogP contribution is 2.32. The van der Waals surface area contributed by atoms with Crippen molar-refractivity contribution in [3.05, 3.63) is 65.4 Å². The number of carbonyl (C=O) groups excluding carboxylic acids is 2. The first-order valence-corrected chi connectivity index (χ1v) is 11.2. The minimum atomic E-state index is -0.316. The average molecular weight is 437 g/mol. The Bertz CT molecular complexity index is 980. The van der Waals surface area contributed by atoms with Crippen molar-refractivity contribution in [1.29, 1.82) is 0 Å². The van der Waals surface area contributed by atoms with Crippen molar-refractivity contribution in [3.8, 4) is 5.75 Å². The number of hydrogen-bond acceptors (Lipinski definition) is 5. The molecule has 0 bridgehead atoms. The average Bonchev–Trinajstić information content (AvgIpc) is 3.01. The van der Waals surface area contributed by atoms with Crippen molar-refractivity contribution in [2.24, 2.45) is 0 Å². The second-order valence-electron chi connectivity index (χ2n) is 8.10. The van der Waals surface area contributed by atoms with E-state index in [1.165, 1.54) is 4.90 Å². The van der Waals surface area contributed by atoms with Gasteiger partial charge in [-0.15, -0.1) is 0 Å². The highest BCUT2D eigenvalue weighted by atomic mass is 16.5. The maximum absolute atomic E-state index is 13.3. The molecule has 2 aromatic carbocycles. The summed E-state index contributed by atoms with van der Waals surface area (Å²) < 4.78 is 11.2. The number of amides is 2. The first-order valence-electron chi connectivity index (χ1n) is 11.2. The first-order chi connectivity index (χ1) is 15.4. The lowest BCUT2D eigenvalue weighted by Gasteiger charge is -2.16. The van der Waals surface area contributed by atoms with Gasteiger partial charge in [0.25, 0.3) is 11.8 Å². The van der Waals surface area contributed by atoms with E-state index in [9.17, 15) is 9.59 Å². The van der Waals surface area contributed by atoms with E-state index in [0.717, 1.165) is 23.4 Å². The summed E-state index contributed by atoms with van der Waals surface area (Å²) in [6.45, 7) is 9.37. The summed E-state index contributed by atoms with van der Waals surface area (Å²) in [6, 6.07) is 15.0. The van der Waals surface area contributed by atoms with Crippen molar-refractivity contribution in [2.45, 2.75) is 46.6 Å². The highest BCUT2D eigenvalue weighted by molar-refractivity contribution is 6.36. The summed E-state index contributed by atoms with van der Waals surface area (Å²) in [5, 5.41) is 3.23. The number of anilines is 1. The van der Waals surface area contributed by atoms with Crippen LogP contribution < -0.4 is 10.1 Å². The maximum atomic E-state index is 13.3. The predicted octanol–water partition coefficient (Wildman–Crippen LogP) is 4.79. The fourth-order valence-electron chi connectivity index (χ4n) is 3.49. The largest absolute Gasteiger partial charge is 0.494 e. The topological polar surface area (TPSA) is 67.9 Å². The van der Waals surface area contributed by atoms with Crippen LogP contribution in [0.15, 0.2) is 54.2 Å². The van der Waals surface area contributed by atoms with E-state index in [2.05, 4.69) is 5.32 Å². The Balaban J connectivity index is 1.89. The van der Waals surface area contributed by atoms with Crippen LogP contribution in [0, 0.1) is 6.92 Å². The molecular weight excluding hydrogens is 404 g/mol. The van der Waals surface area contributed by atoms with Crippen molar-refractivity contribution >= 4 is 23.1 Å². The van der Waals surface area contributed by atoms with Gasteiger partial charge >= 0.3 is 0 Å². The van der Waals surface area contributed by atoms with Gasteiger partial charge in [-0.25, -0.2) is 0 Å². The standard InChI is InChI=1S/C26H32N2O4/c1-5-16-32-21-13-11-20(12-14-21)23-24(27-22-10-7-6-9-19(22)4)26(30)28(25(23)29)15-8-17-31-18(2)3/h6-7,9-14,18,27H,5,8,15-17H2,1-4H3. The van der Waals surface area contributed by atoms with Crippen LogP contribution in [0.4, 0.5) is 5.69 Å². The highest BCUT2D eigenvalue weighted by Gasteiger charge is 2.39. The third-order valence-corrected chi connectivity index (χ3v) is 5.17. The molecule has 170 valence electrons. The molecule has 0 radical (unpaired) electrons. The van der Waals surface area contributed by atoms with E-state index in [4.69, 9.17) is 9.47 Å². The van der Waals surface area contributed by atoms with Crippen molar-refractivity contribution in [3.63, 3.8) is 0 Å². The van der Waals surface area contributed by atoms with Crippen LogP contribution in [0.3, 0.4) is 0 Å². The fraction of sp³-hybridized carbons (Fsp3) is 0.385. The van der Waals surface area contributed by atoms with Crippen molar-refractivity contribution in [1.82, 2.24) is 4.90 Å². The van der Waals surface area contributed by atoms with Gasteiger partial charge in [-0.2, -0.15) is 0 Å². The summed E-state index contributed by atoms with van der Waals surface area (Å²) in [5.74, 6) is 0.131. The van der Waals surface area contributed by atoms with E-state index < -0.39 is 0 Å². The lowest BCUT2D eigenvalue weighted by atomic mass is 10.0. The SMILES string of the molecule is CCCOc1ccc(C2=C(Nc3ccccc3C)C(=O)N(CCCOC(C)C)C2=O)cc1. The number of aryl methyl sites for hydroxylation is 1. The zero-order chi connectivity index (χ0) is 23.1. The van der Waals surface area contributed by atoms with Gasteiger partial charge in [0.15, 0.2) is 0 Å². The summed E-state index contributed by atoms with van der Waals surface area (Å²) in [5.41, 5.74) is 3.16. The van der Waals surface area contributed by atoms with Crippen LogP contribution in [-0.2, 0) is 14.3 Å². The molecule has 1 aliphatic heterocycles. The number of nitrogens with zero attached hydrogens (tertiary/aromatic N) is 1. The van der Waals surface area contributed by atoms with Crippen molar-refractivity contribution in [2.75, 3.05) is 25.1 Å². The molecular formula is C26H32N2O4. The van der Waals surface area contributed by atoms with Gasteiger partial charge in [-0.1, -0.05) is 37.3 Å². The molecule has 1 N–H and O–H groups in total. The molecule has 32 heavy (non-hydrogen) atoms. The number of rotatable bonds is 11. The Labute approximate surface area is 190 Å². The van der Waals surface area contributed by atoms with Gasteiger partial charge in [0.1, 0.15) is 11.4 Å². The molecule has 3 rings (SSSR count). The smallest absolute Gasteiger partial charge is 0.278 e.